The zero-order valence-electron chi connectivity index (χ0n) is 14.9. The van der Waals surface area contributed by atoms with Gasteiger partial charge in [0.15, 0.2) is 6.61 Å². The van der Waals surface area contributed by atoms with Crippen molar-refractivity contribution in [1.29, 1.82) is 0 Å². The van der Waals surface area contributed by atoms with Crippen molar-refractivity contribution in [1.82, 2.24) is 10.6 Å². The third-order valence-electron chi connectivity index (χ3n) is 3.28. The number of ether oxygens (including phenoxy) is 2. The second-order valence-corrected chi connectivity index (χ2v) is 7.10. The molecule has 0 spiro atoms. The van der Waals surface area contributed by atoms with Gasteiger partial charge in [-0.05, 0) is 39.0 Å². The van der Waals surface area contributed by atoms with E-state index < -0.39 is 11.7 Å². The molecule has 0 atom stereocenters. The molecule has 142 valence electrons. The van der Waals surface area contributed by atoms with E-state index in [9.17, 15) is 14.4 Å². The fourth-order valence-corrected chi connectivity index (χ4v) is 2.40. The van der Waals surface area contributed by atoms with Gasteiger partial charge in [-0.15, -0.1) is 0 Å². The highest BCUT2D eigenvalue weighted by Gasteiger charge is 2.27. The lowest BCUT2D eigenvalue weighted by molar-refractivity contribution is -0.125. The van der Waals surface area contributed by atoms with Crippen molar-refractivity contribution in [3.8, 4) is 5.75 Å². The van der Waals surface area contributed by atoms with Crippen LogP contribution in [0.15, 0.2) is 18.2 Å². The molecule has 0 saturated carbocycles. The molecule has 1 heterocycles. The number of fused-ring (bicyclic) bond motifs is 1. The largest absolute Gasteiger partial charge is 0.482 e. The summed E-state index contributed by atoms with van der Waals surface area (Å²) >= 11 is 5.96. The molecular weight excluding hydrogens is 362 g/mol. The maximum Gasteiger partial charge on any atom is 0.407 e. The summed E-state index contributed by atoms with van der Waals surface area (Å²) in [5, 5.41) is 5.61. The SMILES string of the molecule is CC(C)(C)OC(=O)NCCNC(=O)CN1C(=O)COc2ccc(Cl)cc21. The molecule has 8 nitrogen and oxygen atoms in total. The molecular formula is C17H22ClN3O5. The zero-order chi connectivity index (χ0) is 19.3. The molecule has 0 aliphatic carbocycles. The Kier molecular flexibility index (Phi) is 6.31. The molecule has 0 saturated heterocycles. The molecule has 0 aromatic heterocycles. The fourth-order valence-electron chi connectivity index (χ4n) is 2.23. The Bertz CT molecular complexity index is 702. The summed E-state index contributed by atoms with van der Waals surface area (Å²) in [6, 6.07) is 4.88. The Morgan fingerprint density at radius 3 is 2.65 bits per heavy atom. The van der Waals surface area contributed by atoms with Crippen molar-refractivity contribution < 1.29 is 23.9 Å². The van der Waals surface area contributed by atoms with Crippen LogP contribution in [0.2, 0.25) is 5.02 Å². The number of nitrogens with one attached hydrogen (secondary N) is 2. The van der Waals surface area contributed by atoms with Gasteiger partial charge in [0.1, 0.15) is 17.9 Å². The van der Waals surface area contributed by atoms with Gasteiger partial charge in [0.05, 0.1) is 5.69 Å². The lowest BCUT2D eigenvalue weighted by atomic mass is 10.2. The number of anilines is 1. The first-order valence-electron chi connectivity index (χ1n) is 8.12. The molecule has 3 amide bonds. The van der Waals surface area contributed by atoms with Crippen LogP contribution in [-0.2, 0) is 14.3 Å². The minimum Gasteiger partial charge on any atom is -0.482 e. The summed E-state index contributed by atoms with van der Waals surface area (Å²) in [4.78, 5) is 37.0. The third-order valence-corrected chi connectivity index (χ3v) is 3.52. The highest BCUT2D eigenvalue weighted by atomic mass is 35.5. The molecule has 9 heteroatoms. The van der Waals surface area contributed by atoms with E-state index in [1.54, 1.807) is 39.0 Å². The normalized spacial score (nSPS) is 13.5. The molecule has 1 aliphatic rings. The Balaban J connectivity index is 1.82. The van der Waals surface area contributed by atoms with Gasteiger partial charge in [0.25, 0.3) is 5.91 Å². The average molecular weight is 384 g/mol. The second-order valence-electron chi connectivity index (χ2n) is 6.66. The van der Waals surface area contributed by atoms with Crippen molar-refractivity contribution >= 4 is 35.2 Å². The predicted molar refractivity (Wildman–Crippen MR) is 96.5 cm³/mol. The van der Waals surface area contributed by atoms with E-state index in [0.29, 0.717) is 16.5 Å². The van der Waals surface area contributed by atoms with Crippen LogP contribution in [0, 0.1) is 0 Å². The van der Waals surface area contributed by atoms with Crippen LogP contribution in [0.4, 0.5) is 10.5 Å². The number of halogens is 1. The van der Waals surface area contributed by atoms with Crippen molar-refractivity contribution in [2.45, 2.75) is 26.4 Å². The van der Waals surface area contributed by atoms with E-state index in [4.69, 9.17) is 21.1 Å². The Morgan fingerprint density at radius 2 is 1.96 bits per heavy atom. The summed E-state index contributed by atoms with van der Waals surface area (Å²) in [5.41, 5.74) is -0.130. The van der Waals surface area contributed by atoms with E-state index in [0.717, 1.165) is 0 Å². The number of amides is 3. The van der Waals surface area contributed by atoms with Crippen molar-refractivity contribution in [2.75, 3.05) is 31.1 Å². The summed E-state index contributed by atoms with van der Waals surface area (Å²) < 4.78 is 10.4. The molecule has 0 unspecified atom stereocenters. The first-order chi connectivity index (χ1) is 12.2. The Morgan fingerprint density at radius 1 is 1.27 bits per heavy atom. The van der Waals surface area contributed by atoms with Gasteiger partial charge < -0.3 is 20.1 Å². The number of hydrogen-bond acceptors (Lipinski definition) is 5. The first kappa shape index (κ1) is 19.8. The highest BCUT2D eigenvalue weighted by molar-refractivity contribution is 6.31. The van der Waals surface area contributed by atoms with Gasteiger partial charge in [-0.3, -0.25) is 14.5 Å². The number of carbonyl (C=O) groups is 3. The zero-order valence-corrected chi connectivity index (χ0v) is 15.7. The number of benzene rings is 1. The monoisotopic (exact) mass is 383 g/mol. The average Bonchev–Trinajstić information content (AvgIpc) is 2.53. The minimum atomic E-state index is -0.585. The molecule has 1 aromatic carbocycles. The number of carbonyl (C=O) groups excluding carboxylic acids is 3. The van der Waals surface area contributed by atoms with Crippen molar-refractivity contribution in [3.05, 3.63) is 23.2 Å². The molecule has 1 aliphatic heterocycles. The van der Waals surface area contributed by atoms with Crippen LogP contribution in [0.1, 0.15) is 20.8 Å². The van der Waals surface area contributed by atoms with Gasteiger partial charge in [-0.1, -0.05) is 11.6 Å². The number of alkyl carbamates (subject to hydrolysis) is 1. The number of rotatable bonds is 5. The van der Waals surface area contributed by atoms with E-state index in [-0.39, 0.29) is 38.1 Å². The number of nitrogens with zero attached hydrogens (tertiary/aromatic N) is 1. The van der Waals surface area contributed by atoms with Gasteiger partial charge in [-0.2, -0.15) is 0 Å². The van der Waals surface area contributed by atoms with Crippen molar-refractivity contribution in [3.63, 3.8) is 0 Å². The van der Waals surface area contributed by atoms with Crippen LogP contribution in [0.3, 0.4) is 0 Å². The Hall–Kier alpha value is -2.48. The molecule has 0 fully saturated rings. The van der Waals surface area contributed by atoms with Crippen LogP contribution in [0.5, 0.6) is 5.75 Å². The van der Waals surface area contributed by atoms with Gasteiger partial charge in [0.2, 0.25) is 5.91 Å². The van der Waals surface area contributed by atoms with Crippen molar-refractivity contribution in [2.24, 2.45) is 0 Å². The van der Waals surface area contributed by atoms with E-state index in [1.165, 1.54) is 4.90 Å². The second kappa shape index (κ2) is 8.27. The summed E-state index contributed by atoms with van der Waals surface area (Å²) in [7, 11) is 0. The Labute approximate surface area is 156 Å². The molecule has 2 N–H and O–H groups in total. The minimum absolute atomic E-state index is 0.137. The third kappa shape index (κ3) is 5.80. The van der Waals surface area contributed by atoms with Crippen LogP contribution in [-0.4, -0.2) is 49.7 Å². The summed E-state index contributed by atoms with van der Waals surface area (Å²) in [5.74, 6) is -0.202. The maximum absolute atomic E-state index is 12.1. The fraction of sp³-hybridized carbons (Fsp3) is 0.471. The van der Waals surface area contributed by atoms with Gasteiger partial charge >= 0.3 is 6.09 Å². The topological polar surface area (TPSA) is 97.0 Å². The lowest BCUT2D eigenvalue weighted by Gasteiger charge is -2.29. The van der Waals surface area contributed by atoms with Crippen LogP contribution in [0.25, 0.3) is 0 Å². The molecule has 0 bridgehead atoms. The quantitative estimate of drug-likeness (QED) is 0.754. The van der Waals surface area contributed by atoms with Crippen LogP contribution >= 0.6 is 11.6 Å². The first-order valence-corrected chi connectivity index (χ1v) is 8.50. The van der Waals surface area contributed by atoms with Gasteiger partial charge in [-0.25, -0.2) is 4.79 Å². The molecule has 0 radical (unpaired) electrons. The number of hydrogen-bond donors (Lipinski definition) is 2. The highest BCUT2D eigenvalue weighted by Crippen LogP contribution is 2.34. The standard InChI is InChI=1S/C17H22ClN3O5/c1-17(2,3)26-16(24)20-7-6-19-14(22)9-21-12-8-11(18)4-5-13(12)25-10-15(21)23/h4-5,8H,6-7,9-10H2,1-3H3,(H,19,22)(H,20,24). The summed E-state index contributed by atoms with van der Waals surface area (Å²) in [6.07, 6.45) is -0.557. The molecule has 1 aromatic rings. The van der Waals surface area contributed by atoms with E-state index in [1.807, 2.05) is 0 Å². The molecule has 26 heavy (non-hydrogen) atoms. The smallest absolute Gasteiger partial charge is 0.407 e. The predicted octanol–water partition coefficient (Wildman–Crippen LogP) is 1.71. The van der Waals surface area contributed by atoms with Gasteiger partial charge in [0, 0.05) is 18.1 Å². The lowest BCUT2D eigenvalue weighted by Crippen LogP contribution is -2.46. The maximum atomic E-state index is 12.1. The molecule has 2 rings (SSSR count). The summed E-state index contributed by atoms with van der Waals surface area (Å²) in [6.45, 7) is 5.40. The van der Waals surface area contributed by atoms with E-state index in [2.05, 4.69) is 10.6 Å². The van der Waals surface area contributed by atoms with Crippen LogP contribution < -0.4 is 20.3 Å². The van der Waals surface area contributed by atoms with E-state index >= 15 is 0 Å².